The van der Waals surface area contributed by atoms with Crippen LogP contribution in [0.2, 0.25) is 0 Å². The van der Waals surface area contributed by atoms with Gasteiger partial charge in [0.1, 0.15) is 15.2 Å². The summed E-state index contributed by atoms with van der Waals surface area (Å²) in [6, 6.07) is 0. The quantitative estimate of drug-likeness (QED) is 0.122. The van der Waals surface area contributed by atoms with Crippen molar-refractivity contribution in [1.29, 1.82) is 0 Å². The van der Waals surface area contributed by atoms with Gasteiger partial charge >= 0.3 is 103 Å². The van der Waals surface area contributed by atoms with Crippen molar-refractivity contribution in [2.45, 2.75) is 0 Å². The molecule has 0 aliphatic heterocycles. The zero-order chi connectivity index (χ0) is 7.33. The molecule has 0 bridgehead atoms. The van der Waals surface area contributed by atoms with Gasteiger partial charge in [0, 0.05) is 12.0 Å². The largest absolute Gasteiger partial charge is 1.00 e. The molecule has 0 aromatic heterocycles. The molecule has 6 nitrogen and oxygen atoms in total. The summed E-state index contributed by atoms with van der Waals surface area (Å²) < 4.78 is 32.6. The Balaban J connectivity index is -0.000000320. The molecule has 10 heteroatoms. The molecule has 0 N–H and O–H groups in total. The minimum Gasteiger partial charge on any atom is -0.747 e. The van der Waals surface area contributed by atoms with Gasteiger partial charge in [-0.3, -0.25) is 5.04 Å². The Morgan fingerprint density at radius 2 is 1.82 bits per heavy atom. The summed E-state index contributed by atoms with van der Waals surface area (Å²) >= 11 is 0.125. The first-order valence-corrected chi connectivity index (χ1v) is 4.07. The molecular weight excluding hydrogens is 250 g/mol. The maximum absolute atomic E-state index is 9.69. The number of hydrogen-bond acceptors (Lipinski definition) is 7. The van der Waals surface area contributed by atoms with E-state index < -0.39 is 15.2 Å². The Morgan fingerprint density at radius 1 is 1.36 bits per heavy atom. The van der Waals surface area contributed by atoms with Crippen molar-refractivity contribution in [1.82, 2.24) is 0 Å². The zero-order valence-electron chi connectivity index (χ0n) is 5.97. The molecule has 0 aromatic rings. The first-order chi connectivity index (χ1) is 4.06. The van der Waals surface area contributed by atoms with Crippen molar-refractivity contribution in [3.8, 4) is 0 Å². The summed E-state index contributed by atoms with van der Waals surface area (Å²) in [6.07, 6.45) is 0. The Kier molecular flexibility index (Phi) is 20.8. The summed E-state index contributed by atoms with van der Waals surface area (Å²) in [5.41, 5.74) is 0. The van der Waals surface area contributed by atoms with Crippen LogP contribution in [0.3, 0.4) is 0 Å². The molecule has 56 valence electrons. The van der Waals surface area contributed by atoms with Gasteiger partial charge in [0.15, 0.2) is 0 Å². The van der Waals surface area contributed by atoms with Crippen molar-refractivity contribution in [2.75, 3.05) is 5.08 Å². The van der Waals surface area contributed by atoms with Crippen molar-refractivity contribution >= 4 is 22.2 Å². The molecule has 0 heterocycles. The van der Waals surface area contributed by atoms with Crippen LogP contribution in [0.4, 0.5) is 0 Å². The molecule has 0 aliphatic rings. The second-order valence-electron chi connectivity index (χ2n) is 0.929. The molecule has 0 rings (SSSR count). The SMILES string of the molecule is O=S(=O)([O-])CSOO[O-].[K+].[K+]. The van der Waals surface area contributed by atoms with Crippen LogP contribution in [0.15, 0.2) is 0 Å². The Hall–Kier alpha value is 3.41. The van der Waals surface area contributed by atoms with Crippen LogP contribution in [0, 0.1) is 0 Å². The monoisotopic (exact) mass is 252 g/mol. The van der Waals surface area contributed by atoms with E-state index in [1.54, 1.807) is 0 Å². The van der Waals surface area contributed by atoms with Crippen molar-refractivity contribution in [3.63, 3.8) is 0 Å². The van der Waals surface area contributed by atoms with E-state index in [0.717, 1.165) is 0 Å². The third-order valence-corrected chi connectivity index (χ3v) is 1.96. The number of hydrogen-bond donors (Lipinski definition) is 0. The molecule has 0 saturated carbocycles. The fraction of sp³-hybridized carbons (Fsp3) is 1.00. The van der Waals surface area contributed by atoms with Crippen LogP contribution in [0.25, 0.3) is 0 Å². The number of rotatable bonds is 4. The van der Waals surface area contributed by atoms with E-state index in [1.165, 1.54) is 0 Å². The molecule has 0 unspecified atom stereocenters. The molecule has 0 saturated heterocycles. The third kappa shape index (κ3) is 19.7. The summed E-state index contributed by atoms with van der Waals surface area (Å²) in [6.45, 7) is 0. The maximum atomic E-state index is 9.69. The standard InChI is InChI=1S/CH4O6S2.2K/c2-6-7-8-1-9(3,4)5;;/h2H,1H2,(H,3,4,5);;/q;2*+1/p-2. The van der Waals surface area contributed by atoms with Gasteiger partial charge in [-0.1, -0.05) is 0 Å². The Morgan fingerprint density at radius 3 is 2.09 bits per heavy atom. The van der Waals surface area contributed by atoms with Crippen LogP contribution < -0.4 is 108 Å². The summed E-state index contributed by atoms with van der Waals surface area (Å²) in [7, 11) is -4.33. The molecule has 0 spiro atoms. The van der Waals surface area contributed by atoms with Crippen LogP contribution in [0.5, 0.6) is 0 Å². The van der Waals surface area contributed by atoms with Crippen LogP contribution in [-0.4, -0.2) is 18.1 Å². The fourth-order valence-corrected chi connectivity index (χ4v) is 0.766. The Bertz CT molecular complexity index is 154. The van der Waals surface area contributed by atoms with Gasteiger partial charge in [-0.15, -0.1) is 0 Å². The second-order valence-corrected chi connectivity index (χ2v) is 3.36. The van der Waals surface area contributed by atoms with E-state index in [1.807, 2.05) is 0 Å². The van der Waals surface area contributed by atoms with E-state index in [9.17, 15) is 13.0 Å². The third-order valence-electron chi connectivity index (χ3n) is 0.268. The second kappa shape index (κ2) is 11.5. The predicted octanol–water partition coefficient (Wildman–Crippen LogP) is -7.63. The topological polar surface area (TPSA) is 98.7 Å². The van der Waals surface area contributed by atoms with Crippen molar-refractivity contribution < 1.29 is 130 Å². The average molecular weight is 252 g/mol. The van der Waals surface area contributed by atoms with Crippen molar-refractivity contribution in [3.05, 3.63) is 0 Å². The summed E-state index contributed by atoms with van der Waals surface area (Å²) in [4.78, 5) is 0. The molecule has 0 aliphatic carbocycles. The van der Waals surface area contributed by atoms with Crippen molar-refractivity contribution in [2.24, 2.45) is 0 Å². The molecule has 0 atom stereocenters. The summed E-state index contributed by atoms with van der Waals surface area (Å²) in [5.74, 6) is 0. The molecule has 0 amide bonds. The van der Waals surface area contributed by atoms with Gasteiger partial charge in [-0.05, 0) is 0 Å². The van der Waals surface area contributed by atoms with E-state index in [2.05, 4.69) is 9.37 Å². The molecule has 11 heavy (non-hydrogen) atoms. The normalized spacial score (nSPS) is 9.64. The minimum atomic E-state index is -4.33. The molecule has 0 aromatic carbocycles. The van der Waals surface area contributed by atoms with E-state index in [-0.39, 0.29) is 115 Å². The van der Waals surface area contributed by atoms with Crippen LogP contribution in [-0.2, 0) is 19.5 Å². The van der Waals surface area contributed by atoms with Crippen LogP contribution >= 0.6 is 12.0 Å². The van der Waals surface area contributed by atoms with E-state index in [4.69, 9.17) is 5.26 Å². The maximum Gasteiger partial charge on any atom is 1.00 e. The van der Waals surface area contributed by atoms with Gasteiger partial charge in [0.05, 0.1) is 0 Å². The van der Waals surface area contributed by atoms with E-state index >= 15 is 0 Å². The first kappa shape index (κ1) is 19.9. The Labute approximate surface area is 153 Å². The molecular formula is CH2K2O6S2. The molecule has 0 radical (unpaired) electrons. The van der Waals surface area contributed by atoms with Crippen LogP contribution in [0.1, 0.15) is 0 Å². The predicted molar refractivity (Wildman–Crippen MR) is 24.3 cm³/mol. The van der Waals surface area contributed by atoms with Gasteiger partial charge in [-0.25, -0.2) is 8.42 Å². The van der Waals surface area contributed by atoms with Gasteiger partial charge in [-0.2, -0.15) is 4.33 Å². The van der Waals surface area contributed by atoms with E-state index in [0.29, 0.717) is 0 Å². The zero-order valence-corrected chi connectivity index (χ0v) is 13.9. The van der Waals surface area contributed by atoms with Gasteiger partial charge in [0.25, 0.3) is 0 Å². The average Bonchev–Trinajstić information content (AvgIpc) is 1.63. The van der Waals surface area contributed by atoms with Gasteiger partial charge < -0.3 is 9.81 Å². The summed E-state index contributed by atoms with van der Waals surface area (Å²) in [5, 5.41) is 10.9. The van der Waals surface area contributed by atoms with Gasteiger partial charge in [0.2, 0.25) is 0 Å². The fourth-order valence-electron chi connectivity index (χ4n) is 0.0982. The minimum absolute atomic E-state index is 0. The first-order valence-electron chi connectivity index (χ1n) is 1.58. The smallest absolute Gasteiger partial charge is 0.747 e. The molecule has 0 fully saturated rings.